The van der Waals surface area contributed by atoms with E-state index < -0.39 is 0 Å². The quantitative estimate of drug-likeness (QED) is 0.725. The van der Waals surface area contributed by atoms with Crippen LogP contribution in [0.4, 0.5) is 0 Å². The third-order valence-electron chi connectivity index (χ3n) is 3.62. The zero-order valence-corrected chi connectivity index (χ0v) is 12.9. The molecule has 2 nitrogen and oxygen atoms in total. The molecule has 0 saturated heterocycles. The third kappa shape index (κ3) is 2.82. The maximum absolute atomic E-state index is 6.20. The van der Waals surface area contributed by atoms with Gasteiger partial charge in [0.05, 0.1) is 11.1 Å². The minimum atomic E-state index is 0.0408. The first-order valence-electron chi connectivity index (χ1n) is 7.17. The summed E-state index contributed by atoms with van der Waals surface area (Å²) in [4.78, 5) is 0. The van der Waals surface area contributed by atoms with Crippen molar-refractivity contribution in [1.82, 2.24) is 5.32 Å². The van der Waals surface area contributed by atoms with Crippen LogP contribution in [0, 0.1) is 6.92 Å². The summed E-state index contributed by atoms with van der Waals surface area (Å²) in [5.41, 5.74) is 3.20. The molecule has 0 aliphatic rings. The van der Waals surface area contributed by atoms with Crippen LogP contribution in [-0.2, 0) is 0 Å². The number of aryl methyl sites for hydroxylation is 1. The maximum atomic E-state index is 6.20. The zero-order chi connectivity index (χ0) is 14.8. The molecule has 0 bridgehead atoms. The van der Waals surface area contributed by atoms with Crippen LogP contribution in [0.1, 0.15) is 29.9 Å². The van der Waals surface area contributed by atoms with E-state index in [0.717, 1.165) is 23.3 Å². The smallest absolute Gasteiger partial charge is 0.152 e. The molecule has 3 heteroatoms. The van der Waals surface area contributed by atoms with Crippen molar-refractivity contribution in [2.75, 3.05) is 6.54 Å². The van der Waals surface area contributed by atoms with Gasteiger partial charge < -0.3 is 9.73 Å². The largest absolute Gasteiger partial charge is 0.457 e. The molecule has 3 rings (SSSR count). The Morgan fingerprint density at radius 2 is 1.90 bits per heavy atom. The number of fused-ring (bicyclic) bond motifs is 1. The molecule has 1 heterocycles. The molecular weight excluding hydrogens is 282 g/mol. The first-order valence-corrected chi connectivity index (χ1v) is 7.54. The van der Waals surface area contributed by atoms with Gasteiger partial charge >= 0.3 is 0 Å². The van der Waals surface area contributed by atoms with E-state index in [1.807, 2.05) is 18.2 Å². The zero-order valence-electron chi connectivity index (χ0n) is 12.2. The maximum Gasteiger partial charge on any atom is 0.152 e. The first kappa shape index (κ1) is 14.2. The van der Waals surface area contributed by atoms with Crippen LogP contribution in [-0.4, -0.2) is 6.54 Å². The van der Waals surface area contributed by atoms with Crippen LogP contribution in [0.15, 0.2) is 52.9 Å². The predicted molar refractivity (Wildman–Crippen MR) is 87.9 cm³/mol. The van der Waals surface area contributed by atoms with E-state index >= 15 is 0 Å². The highest BCUT2D eigenvalue weighted by Gasteiger charge is 2.18. The third-order valence-corrected chi connectivity index (χ3v) is 3.92. The average molecular weight is 300 g/mol. The number of halogens is 1. The molecule has 0 radical (unpaired) electrons. The Balaban J connectivity index is 2.06. The van der Waals surface area contributed by atoms with Crippen LogP contribution in [0.5, 0.6) is 0 Å². The molecule has 1 N–H and O–H groups in total. The molecular formula is C18H18ClNO. The van der Waals surface area contributed by atoms with Crippen LogP contribution >= 0.6 is 11.6 Å². The van der Waals surface area contributed by atoms with Crippen molar-refractivity contribution < 1.29 is 4.42 Å². The molecule has 1 unspecified atom stereocenters. The minimum Gasteiger partial charge on any atom is -0.457 e. The highest BCUT2D eigenvalue weighted by Crippen LogP contribution is 2.32. The Morgan fingerprint density at radius 3 is 2.57 bits per heavy atom. The molecule has 0 saturated carbocycles. The molecule has 21 heavy (non-hydrogen) atoms. The standard InChI is InChI=1S/C18H18ClNO/c1-3-20-17(13-9-7-12(2)8-10-13)16-11-14-5-4-6-15(19)18(14)21-16/h4-11,17,20H,3H2,1-2H3. The van der Waals surface area contributed by atoms with E-state index in [4.69, 9.17) is 16.0 Å². The van der Waals surface area contributed by atoms with Crippen LogP contribution < -0.4 is 5.32 Å². The van der Waals surface area contributed by atoms with Crippen molar-refractivity contribution in [2.45, 2.75) is 19.9 Å². The molecule has 0 fully saturated rings. The lowest BCUT2D eigenvalue weighted by atomic mass is 10.0. The van der Waals surface area contributed by atoms with Crippen molar-refractivity contribution >= 4 is 22.6 Å². The van der Waals surface area contributed by atoms with Crippen molar-refractivity contribution in [3.8, 4) is 0 Å². The Kier molecular flexibility index (Phi) is 4.00. The molecule has 0 amide bonds. The molecule has 0 aliphatic heterocycles. The van der Waals surface area contributed by atoms with Gasteiger partial charge in [0.25, 0.3) is 0 Å². The molecule has 2 aromatic carbocycles. The summed E-state index contributed by atoms with van der Waals surface area (Å²) in [7, 11) is 0. The highest BCUT2D eigenvalue weighted by atomic mass is 35.5. The predicted octanol–water partition coefficient (Wildman–Crippen LogP) is 5.09. The van der Waals surface area contributed by atoms with E-state index in [2.05, 4.69) is 49.5 Å². The van der Waals surface area contributed by atoms with E-state index in [-0.39, 0.29) is 6.04 Å². The summed E-state index contributed by atoms with van der Waals surface area (Å²) < 4.78 is 6.00. The van der Waals surface area contributed by atoms with Crippen LogP contribution in [0.2, 0.25) is 5.02 Å². The summed E-state index contributed by atoms with van der Waals surface area (Å²) in [5.74, 6) is 0.892. The van der Waals surface area contributed by atoms with Gasteiger partial charge in [-0.25, -0.2) is 0 Å². The van der Waals surface area contributed by atoms with Crippen molar-refractivity contribution in [2.24, 2.45) is 0 Å². The highest BCUT2D eigenvalue weighted by molar-refractivity contribution is 6.34. The van der Waals surface area contributed by atoms with Crippen LogP contribution in [0.25, 0.3) is 11.0 Å². The van der Waals surface area contributed by atoms with E-state index in [0.29, 0.717) is 5.02 Å². The fourth-order valence-corrected chi connectivity index (χ4v) is 2.76. The van der Waals surface area contributed by atoms with E-state index in [1.165, 1.54) is 11.1 Å². The monoisotopic (exact) mass is 299 g/mol. The molecule has 1 aromatic heterocycles. The summed E-state index contributed by atoms with van der Waals surface area (Å²) >= 11 is 6.20. The number of nitrogens with one attached hydrogen (secondary N) is 1. The Hall–Kier alpha value is -1.77. The van der Waals surface area contributed by atoms with Gasteiger partial charge in [0.1, 0.15) is 5.76 Å². The summed E-state index contributed by atoms with van der Waals surface area (Å²) in [6.45, 7) is 5.05. The van der Waals surface area contributed by atoms with Gasteiger partial charge in [-0.3, -0.25) is 0 Å². The SMILES string of the molecule is CCNC(c1ccc(C)cc1)c1cc2cccc(Cl)c2o1. The van der Waals surface area contributed by atoms with Gasteiger partial charge in [0.15, 0.2) is 5.58 Å². The normalized spacial score (nSPS) is 12.7. The lowest BCUT2D eigenvalue weighted by Crippen LogP contribution is -2.21. The van der Waals surface area contributed by atoms with Gasteiger partial charge in [-0.2, -0.15) is 0 Å². The summed E-state index contributed by atoms with van der Waals surface area (Å²) in [6.07, 6.45) is 0. The molecule has 3 aromatic rings. The molecule has 0 aliphatic carbocycles. The number of furan rings is 1. The Bertz CT molecular complexity index is 746. The molecule has 0 spiro atoms. The first-order chi connectivity index (χ1) is 10.2. The average Bonchev–Trinajstić information content (AvgIpc) is 2.91. The molecule has 108 valence electrons. The van der Waals surface area contributed by atoms with Crippen molar-refractivity contribution in [3.05, 3.63) is 70.4 Å². The lowest BCUT2D eigenvalue weighted by Gasteiger charge is -2.16. The van der Waals surface area contributed by atoms with Gasteiger partial charge in [0.2, 0.25) is 0 Å². The van der Waals surface area contributed by atoms with E-state index in [9.17, 15) is 0 Å². The number of rotatable bonds is 4. The fourth-order valence-electron chi connectivity index (χ4n) is 2.54. The number of para-hydroxylation sites is 1. The topological polar surface area (TPSA) is 25.2 Å². The second-order valence-corrected chi connectivity index (χ2v) is 5.62. The Morgan fingerprint density at radius 1 is 1.14 bits per heavy atom. The van der Waals surface area contributed by atoms with Crippen molar-refractivity contribution in [3.63, 3.8) is 0 Å². The van der Waals surface area contributed by atoms with Gasteiger partial charge in [-0.1, -0.05) is 60.5 Å². The Labute approximate surface area is 129 Å². The van der Waals surface area contributed by atoms with Crippen LogP contribution in [0.3, 0.4) is 0 Å². The van der Waals surface area contributed by atoms with Gasteiger partial charge in [-0.05, 0) is 31.2 Å². The summed E-state index contributed by atoms with van der Waals surface area (Å²) in [6, 6.07) is 16.4. The van der Waals surface area contributed by atoms with Gasteiger partial charge in [0, 0.05) is 5.39 Å². The number of benzene rings is 2. The fraction of sp³-hybridized carbons (Fsp3) is 0.222. The number of hydrogen-bond acceptors (Lipinski definition) is 2. The van der Waals surface area contributed by atoms with E-state index in [1.54, 1.807) is 0 Å². The van der Waals surface area contributed by atoms with Gasteiger partial charge in [-0.15, -0.1) is 0 Å². The lowest BCUT2D eigenvalue weighted by molar-refractivity contribution is 0.477. The minimum absolute atomic E-state index is 0.0408. The second kappa shape index (κ2) is 5.92. The summed E-state index contributed by atoms with van der Waals surface area (Å²) in [5, 5.41) is 5.16. The second-order valence-electron chi connectivity index (χ2n) is 5.21. The van der Waals surface area contributed by atoms with Crippen molar-refractivity contribution in [1.29, 1.82) is 0 Å². The molecule has 1 atom stereocenters. The number of hydrogen-bond donors (Lipinski definition) is 1.